The summed E-state index contributed by atoms with van der Waals surface area (Å²) in [6, 6.07) is 9.80. The van der Waals surface area contributed by atoms with Gasteiger partial charge >= 0.3 is 5.97 Å². The highest BCUT2D eigenvalue weighted by molar-refractivity contribution is 7.80. The number of amides is 1. The Hall–Kier alpha value is -2.64. The zero-order valence-corrected chi connectivity index (χ0v) is 16.6. The molecule has 0 saturated heterocycles. The van der Waals surface area contributed by atoms with Gasteiger partial charge in [-0.1, -0.05) is 37.6 Å². The quantitative estimate of drug-likeness (QED) is 0.642. The fraction of sp³-hybridized carbons (Fsp3) is 0.211. The molecule has 27 heavy (non-hydrogen) atoms. The molecule has 0 radical (unpaired) electrons. The summed E-state index contributed by atoms with van der Waals surface area (Å²) in [6.07, 6.45) is 0. The van der Waals surface area contributed by atoms with Gasteiger partial charge in [0.05, 0.1) is 23.4 Å². The molecule has 0 spiro atoms. The van der Waals surface area contributed by atoms with Gasteiger partial charge in [-0.15, -0.1) is 0 Å². The fourth-order valence-corrected chi connectivity index (χ4v) is 2.86. The van der Waals surface area contributed by atoms with Gasteiger partial charge in [0.15, 0.2) is 10.9 Å². The van der Waals surface area contributed by atoms with Gasteiger partial charge in [0.2, 0.25) is 0 Å². The van der Waals surface area contributed by atoms with E-state index >= 15 is 0 Å². The van der Waals surface area contributed by atoms with E-state index in [4.69, 9.17) is 33.7 Å². The Kier molecular flexibility index (Phi) is 6.76. The van der Waals surface area contributed by atoms with E-state index in [-0.39, 0.29) is 33.0 Å². The first kappa shape index (κ1) is 20.7. The number of ether oxygens (including phenoxy) is 1. The van der Waals surface area contributed by atoms with E-state index in [1.54, 1.807) is 12.1 Å². The van der Waals surface area contributed by atoms with Crippen molar-refractivity contribution in [3.63, 3.8) is 0 Å². The van der Waals surface area contributed by atoms with Crippen LogP contribution in [-0.4, -0.2) is 29.2 Å². The lowest BCUT2D eigenvalue weighted by Crippen LogP contribution is -2.34. The predicted octanol–water partition coefficient (Wildman–Crippen LogP) is 4.30. The highest BCUT2D eigenvalue weighted by Gasteiger charge is 2.16. The molecule has 8 heteroatoms. The van der Waals surface area contributed by atoms with Crippen molar-refractivity contribution < 1.29 is 19.4 Å². The van der Waals surface area contributed by atoms with Crippen molar-refractivity contribution in [3.8, 4) is 5.75 Å². The first-order valence-electron chi connectivity index (χ1n) is 8.06. The van der Waals surface area contributed by atoms with Crippen LogP contribution in [0.25, 0.3) is 0 Å². The maximum Gasteiger partial charge on any atom is 0.335 e. The van der Waals surface area contributed by atoms with Gasteiger partial charge in [-0.3, -0.25) is 10.1 Å². The van der Waals surface area contributed by atoms with Crippen molar-refractivity contribution in [2.24, 2.45) is 0 Å². The smallest absolute Gasteiger partial charge is 0.335 e. The molecule has 3 N–H and O–H groups in total. The molecule has 2 rings (SSSR count). The molecular weight excluding hydrogens is 388 g/mol. The van der Waals surface area contributed by atoms with Gasteiger partial charge in [0.1, 0.15) is 0 Å². The Morgan fingerprint density at radius 2 is 1.78 bits per heavy atom. The second-order valence-electron chi connectivity index (χ2n) is 6.03. The Balaban J connectivity index is 2.15. The molecule has 2 aromatic rings. The Morgan fingerprint density at radius 1 is 1.15 bits per heavy atom. The second-order valence-corrected chi connectivity index (χ2v) is 6.84. The summed E-state index contributed by atoms with van der Waals surface area (Å²) >= 11 is 11.2. The third-order valence-electron chi connectivity index (χ3n) is 3.81. The SMILES string of the molecule is COc1c(Cl)cc(C(=O)O)cc1NC(=S)NC(=O)c1ccc(C(C)C)cc1. The van der Waals surface area contributed by atoms with Crippen LogP contribution in [0.2, 0.25) is 5.02 Å². The number of carboxylic acid groups (broad SMARTS) is 1. The van der Waals surface area contributed by atoms with Crippen LogP contribution in [0.5, 0.6) is 5.75 Å². The lowest BCUT2D eigenvalue weighted by atomic mass is 10.0. The van der Waals surface area contributed by atoms with Crippen LogP contribution in [-0.2, 0) is 0 Å². The number of carbonyl (C=O) groups excluding carboxylic acids is 1. The van der Waals surface area contributed by atoms with Gasteiger partial charge in [0.25, 0.3) is 5.91 Å². The van der Waals surface area contributed by atoms with E-state index in [9.17, 15) is 9.59 Å². The molecule has 0 aliphatic heterocycles. The summed E-state index contributed by atoms with van der Waals surface area (Å²) < 4.78 is 5.18. The maximum absolute atomic E-state index is 12.3. The van der Waals surface area contributed by atoms with Crippen LogP contribution in [0.4, 0.5) is 5.69 Å². The van der Waals surface area contributed by atoms with Crippen molar-refractivity contribution in [3.05, 3.63) is 58.1 Å². The Labute approximate surface area is 167 Å². The van der Waals surface area contributed by atoms with Crippen LogP contribution in [0.3, 0.4) is 0 Å². The predicted molar refractivity (Wildman–Crippen MR) is 109 cm³/mol. The number of carboxylic acids is 1. The molecule has 0 aliphatic rings. The molecule has 0 saturated carbocycles. The summed E-state index contributed by atoms with van der Waals surface area (Å²) in [5.41, 5.74) is 1.77. The summed E-state index contributed by atoms with van der Waals surface area (Å²) in [4.78, 5) is 23.5. The van der Waals surface area contributed by atoms with Crippen molar-refractivity contribution in [2.75, 3.05) is 12.4 Å². The third-order valence-corrected chi connectivity index (χ3v) is 4.29. The first-order chi connectivity index (χ1) is 12.7. The zero-order chi connectivity index (χ0) is 20.1. The van der Waals surface area contributed by atoms with Crippen LogP contribution in [0, 0.1) is 0 Å². The third kappa shape index (κ3) is 5.18. The molecular formula is C19H19ClN2O4S. The van der Waals surface area contributed by atoms with Gasteiger partial charge in [-0.2, -0.15) is 0 Å². The highest BCUT2D eigenvalue weighted by Crippen LogP contribution is 2.34. The number of nitrogens with one attached hydrogen (secondary N) is 2. The maximum atomic E-state index is 12.3. The van der Waals surface area contributed by atoms with Gasteiger partial charge in [-0.05, 0) is 48.0 Å². The normalized spacial score (nSPS) is 10.4. The Bertz CT molecular complexity index is 882. The number of methoxy groups -OCH3 is 1. The highest BCUT2D eigenvalue weighted by atomic mass is 35.5. The largest absolute Gasteiger partial charge is 0.493 e. The minimum atomic E-state index is -1.15. The number of benzene rings is 2. The van der Waals surface area contributed by atoms with Crippen molar-refractivity contribution in [1.29, 1.82) is 0 Å². The molecule has 0 unspecified atom stereocenters. The topological polar surface area (TPSA) is 87.7 Å². The van der Waals surface area contributed by atoms with Crippen molar-refractivity contribution in [1.82, 2.24) is 5.32 Å². The van der Waals surface area contributed by atoms with Crippen LogP contribution in [0.1, 0.15) is 46.0 Å². The Morgan fingerprint density at radius 3 is 2.30 bits per heavy atom. The van der Waals surface area contributed by atoms with Crippen molar-refractivity contribution in [2.45, 2.75) is 19.8 Å². The number of anilines is 1. The minimum absolute atomic E-state index is 0.00941. The molecule has 142 valence electrons. The molecule has 1 amide bonds. The van der Waals surface area contributed by atoms with Gasteiger partial charge < -0.3 is 15.2 Å². The van der Waals surface area contributed by atoms with E-state index in [0.29, 0.717) is 11.5 Å². The number of hydrogen-bond acceptors (Lipinski definition) is 4. The number of halogens is 1. The summed E-state index contributed by atoms with van der Waals surface area (Å²) in [7, 11) is 1.39. The molecule has 6 nitrogen and oxygen atoms in total. The standard InChI is InChI=1S/C19H19ClN2O4S/c1-10(2)11-4-6-12(7-5-11)17(23)22-19(27)21-15-9-13(18(24)25)8-14(20)16(15)26-3/h4-10H,1-3H3,(H,24,25)(H2,21,22,23,27). The average Bonchev–Trinajstić information content (AvgIpc) is 2.61. The average molecular weight is 407 g/mol. The van der Waals surface area contributed by atoms with E-state index in [1.807, 2.05) is 12.1 Å². The molecule has 0 aliphatic carbocycles. The van der Waals surface area contributed by atoms with E-state index in [2.05, 4.69) is 24.5 Å². The minimum Gasteiger partial charge on any atom is -0.493 e. The van der Waals surface area contributed by atoms with Gasteiger partial charge in [0, 0.05) is 5.56 Å². The number of thiocarbonyl (C=S) groups is 1. The molecule has 0 atom stereocenters. The molecule has 0 aromatic heterocycles. The van der Waals surface area contributed by atoms with Gasteiger partial charge in [-0.25, -0.2) is 4.79 Å². The van der Waals surface area contributed by atoms with E-state index in [0.717, 1.165) is 5.56 Å². The monoisotopic (exact) mass is 406 g/mol. The van der Waals surface area contributed by atoms with Crippen molar-refractivity contribution >= 4 is 46.5 Å². The van der Waals surface area contributed by atoms with Crippen LogP contribution < -0.4 is 15.4 Å². The zero-order valence-electron chi connectivity index (χ0n) is 15.0. The summed E-state index contributed by atoms with van der Waals surface area (Å²) in [5, 5.41) is 14.6. The number of hydrogen-bond donors (Lipinski definition) is 3. The molecule has 2 aromatic carbocycles. The molecule has 0 bridgehead atoms. The lowest BCUT2D eigenvalue weighted by molar-refractivity contribution is 0.0696. The summed E-state index contributed by atoms with van der Waals surface area (Å²) in [6.45, 7) is 4.13. The summed E-state index contributed by atoms with van der Waals surface area (Å²) in [5.74, 6) is -0.951. The molecule has 0 fully saturated rings. The number of carbonyl (C=O) groups is 2. The molecule has 0 heterocycles. The number of rotatable bonds is 5. The number of aromatic carboxylic acids is 1. The second kappa shape index (κ2) is 8.83. The first-order valence-corrected chi connectivity index (χ1v) is 8.84. The van der Waals surface area contributed by atoms with E-state index < -0.39 is 5.97 Å². The van der Waals surface area contributed by atoms with E-state index in [1.165, 1.54) is 19.2 Å². The van der Waals surface area contributed by atoms with Crippen LogP contribution in [0.15, 0.2) is 36.4 Å². The fourth-order valence-electron chi connectivity index (χ4n) is 2.37. The lowest BCUT2D eigenvalue weighted by Gasteiger charge is -2.15. The van der Waals surface area contributed by atoms with Crippen LogP contribution >= 0.6 is 23.8 Å².